The molecule has 1 aliphatic heterocycles. The van der Waals surface area contributed by atoms with Gasteiger partial charge in [0.2, 0.25) is 0 Å². The number of hydrogen-bond acceptors (Lipinski definition) is 3. The topological polar surface area (TPSA) is 107 Å². The molecule has 0 unspecified atom stereocenters. The van der Waals surface area contributed by atoms with E-state index in [-0.39, 0.29) is 12.1 Å². The third-order valence-corrected chi connectivity index (χ3v) is 4.45. The van der Waals surface area contributed by atoms with E-state index in [1.165, 1.54) is 0 Å². The number of anilines is 1. The van der Waals surface area contributed by atoms with Crippen LogP contribution in [0.25, 0.3) is 0 Å². The van der Waals surface area contributed by atoms with Crippen molar-refractivity contribution in [2.75, 3.05) is 11.5 Å². The van der Waals surface area contributed by atoms with Gasteiger partial charge in [-0.05, 0) is 36.8 Å². The van der Waals surface area contributed by atoms with Crippen LogP contribution in [0.4, 0.5) is 5.69 Å². The van der Waals surface area contributed by atoms with Gasteiger partial charge in [0, 0.05) is 11.8 Å². The minimum Gasteiger partial charge on any atom is -0.480 e. The molecule has 0 fully saturated rings. The van der Waals surface area contributed by atoms with Crippen LogP contribution in [-0.4, -0.2) is 33.1 Å². The van der Waals surface area contributed by atoms with E-state index in [4.69, 9.17) is 14.9 Å². The molecule has 0 bridgehead atoms. The first kappa shape index (κ1) is 15.0. The molecule has 0 spiro atoms. The van der Waals surface area contributed by atoms with Crippen LogP contribution >= 0.6 is 7.60 Å². The Kier molecular flexibility index (Phi) is 4.48. The first-order valence-electron chi connectivity index (χ1n) is 6.49. The molecule has 0 saturated heterocycles. The number of para-hydroxylation sites is 1. The van der Waals surface area contributed by atoms with Gasteiger partial charge in [-0.25, -0.2) is 4.79 Å². The molecule has 7 heteroatoms. The Morgan fingerprint density at radius 3 is 2.70 bits per heavy atom. The second-order valence-electron chi connectivity index (χ2n) is 5.09. The molecule has 1 aromatic rings. The standard InChI is InChI=1S/C13H18NO5P/c15-13(16)12-8-9(4-3-7-20(17,18)19)10-5-1-2-6-11(10)14-12/h1-2,5-6,9,12,14H,3-4,7-8H2,(H,15,16)(H2,17,18,19)/t9-,12-/m0/s1. The third-order valence-electron chi connectivity index (χ3n) is 3.55. The van der Waals surface area contributed by atoms with Gasteiger partial charge in [0.25, 0.3) is 0 Å². The molecule has 1 aliphatic rings. The van der Waals surface area contributed by atoms with E-state index in [1.54, 1.807) is 0 Å². The second-order valence-corrected chi connectivity index (χ2v) is 6.86. The molecule has 20 heavy (non-hydrogen) atoms. The van der Waals surface area contributed by atoms with E-state index in [2.05, 4.69) is 5.32 Å². The lowest BCUT2D eigenvalue weighted by Gasteiger charge is -2.31. The maximum absolute atomic E-state index is 11.2. The van der Waals surface area contributed by atoms with Gasteiger partial charge in [-0.2, -0.15) is 0 Å². The van der Waals surface area contributed by atoms with E-state index in [9.17, 15) is 9.36 Å². The van der Waals surface area contributed by atoms with Gasteiger partial charge >= 0.3 is 13.6 Å². The Hall–Kier alpha value is -1.36. The zero-order valence-electron chi connectivity index (χ0n) is 10.9. The number of carbonyl (C=O) groups is 1. The molecule has 1 heterocycles. The maximum atomic E-state index is 11.2. The number of carboxylic acids is 1. The van der Waals surface area contributed by atoms with Crippen LogP contribution in [0.1, 0.15) is 30.7 Å². The number of fused-ring (bicyclic) bond motifs is 1. The summed E-state index contributed by atoms with van der Waals surface area (Å²) in [6, 6.07) is 6.84. The molecular formula is C13H18NO5P. The van der Waals surface area contributed by atoms with Crippen molar-refractivity contribution in [1.82, 2.24) is 0 Å². The molecule has 4 N–H and O–H groups in total. The maximum Gasteiger partial charge on any atom is 0.326 e. The number of carboxylic acid groups (broad SMARTS) is 1. The van der Waals surface area contributed by atoms with Gasteiger partial charge in [-0.3, -0.25) is 4.57 Å². The summed E-state index contributed by atoms with van der Waals surface area (Å²) in [6.45, 7) is 0. The van der Waals surface area contributed by atoms with Gasteiger partial charge in [0.15, 0.2) is 0 Å². The lowest BCUT2D eigenvalue weighted by molar-refractivity contribution is -0.138. The number of hydrogen-bond donors (Lipinski definition) is 4. The number of nitrogens with one attached hydrogen (secondary N) is 1. The Labute approximate surface area is 117 Å². The van der Waals surface area contributed by atoms with Crippen molar-refractivity contribution < 1.29 is 24.3 Å². The quantitative estimate of drug-likeness (QED) is 0.619. The zero-order valence-corrected chi connectivity index (χ0v) is 11.8. The van der Waals surface area contributed by atoms with Crippen LogP contribution in [0.3, 0.4) is 0 Å². The van der Waals surface area contributed by atoms with E-state index in [0.717, 1.165) is 11.3 Å². The summed E-state index contributed by atoms with van der Waals surface area (Å²) in [4.78, 5) is 28.9. The highest BCUT2D eigenvalue weighted by atomic mass is 31.2. The van der Waals surface area contributed by atoms with Crippen molar-refractivity contribution in [1.29, 1.82) is 0 Å². The summed E-state index contributed by atoms with van der Waals surface area (Å²) in [5, 5.41) is 12.1. The Bertz CT molecular complexity index is 541. The van der Waals surface area contributed by atoms with Gasteiger partial charge in [-0.1, -0.05) is 18.2 Å². The summed E-state index contributed by atoms with van der Waals surface area (Å²) >= 11 is 0. The van der Waals surface area contributed by atoms with Crippen LogP contribution < -0.4 is 5.32 Å². The predicted octanol–water partition coefficient (Wildman–Crippen LogP) is 2.00. The van der Waals surface area contributed by atoms with Crippen LogP contribution in [0.15, 0.2) is 24.3 Å². The van der Waals surface area contributed by atoms with E-state index < -0.39 is 19.6 Å². The Morgan fingerprint density at radius 2 is 2.05 bits per heavy atom. The Balaban J connectivity index is 2.10. The predicted molar refractivity (Wildman–Crippen MR) is 75.0 cm³/mol. The SMILES string of the molecule is O=C(O)[C@@H]1C[C@H](CCCP(=O)(O)O)c2ccccc2N1. The third kappa shape index (κ3) is 3.82. The average Bonchev–Trinajstić information content (AvgIpc) is 2.36. The Morgan fingerprint density at radius 1 is 1.35 bits per heavy atom. The summed E-state index contributed by atoms with van der Waals surface area (Å²) in [5.41, 5.74) is 1.82. The summed E-state index contributed by atoms with van der Waals surface area (Å²) in [6.07, 6.45) is 1.24. The number of aliphatic carboxylic acids is 1. The first-order chi connectivity index (χ1) is 9.37. The van der Waals surface area contributed by atoms with Crippen molar-refractivity contribution in [2.45, 2.75) is 31.2 Å². The molecule has 1 aromatic carbocycles. The molecule has 0 amide bonds. The summed E-state index contributed by atoms with van der Waals surface area (Å²) in [5.74, 6) is -0.889. The minimum atomic E-state index is -3.98. The van der Waals surface area contributed by atoms with Crippen LogP contribution in [0.5, 0.6) is 0 Å². The minimum absolute atomic E-state index is 0.0140. The van der Waals surface area contributed by atoms with Crippen molar-refractivity contribution >= 4 is 19.3 Å². The first-order valence-corrected chi connectivity index (χ1v) is 8.29. The van der Waals surface area contributed by atoms with Crippen molar-refractivity contribution in [3.63, 3.8) is 0 Å². The highest BCUT2D eigenvalue weighted by Gasteiger charge is 2.30. The van der Waals surface area contributed by atoms with Gasteiger partial charge in [0.1, 0.15) is 6.04 Å². The normalized spacial score (nSPS) is 21.9. The average molecular weight is 299 g/mol. The highest BCUT2D eigenvalue weighted by Crippen LogP contribution is 2.40. The lowest BCUT2D eigenvalue weighted by Crippen LogP contribution is -2.35. The molecule has 0 aliphatic carbocycles. The smallest absolute Gasteiger partial charge is 0.326 e. The van der Waals surface area contributed by atoms with E-state index in [1.807, 2.05) is 24.3 Å². The summed E-state index contributed by atoms with van der Waals surface area (Å²) < 4.78 is 10.9. The van der Waals surface area contributed by atoms with E-state index >= 15 is 0 Å². The molecule has 110 valence electrons. The van der Waals surface area contributed by atoms with Crippen molar-refractivity contribution in [3.8, 4) is 0 Å². The van der Waals surface area contributed by atoms with Crippen molar-refractivity contribution in [3.05, 3.63) is 29.8 Å². The fourth-order valence-corrected chi connectivity index (χ4v) is 3.22. The molecular weight excluding hydrogens is 281 g/mol. The molecule has 2 atom stereocenters. The molecule has 0 aromatic heterocycles. The van der Waals surface area contributed by atoms with Crippen LogP contribution in [0, 0.1) is 0 Å². The highest BCUT2D eigenvalue weighted by molar-refractivity contribution is 7.51. The fourth-order valence-electron chi connectivity index (χ4n) is 2.62. The monoisotopic (exact) mass is 299 g/mol. The summed E-state index contributed by atoms with van der Waals surface area (Å²) in [7, 11) is -3.98. The molecule has 6 nitrogen and oxygen atoms in total. The van der Waals surface area contributed by atoms with Crippen LogP contribution in [0.2, 0.25) is 0 Å². The zero-order chi connectivity index (χ0) is 14.8. The molecule has 0 saturated carbocycles. The fraction of sp³-hybridized carbons (Fsp3) is 0.462. The molecule has 2 rings (SSSR count). The van der Waals surface area contributed by atoms with E-state index in [0.29, 0.717) is 19.3 Å². The van der Waals surface area contributed by atoms with Gasteiger partial charge < -0.3 is 20.2 Å². The lowest BCUT2D eigenvalue weighted by atomic mass is 9.84. The van der Waals surface area contributed by atoms with Gasteiger partial charge in [0.05, 0.1) is 0 Å². The largest absolute Gasteiger partial charge is 0.480 e. The number of benzene rings is 1. The number of rotatable bonds is 5. The molecule has 0 radical (unpaired) electrons. The van der Waals surface area contributed by atoms with Crippen LogP contribution in [-0.2, 0) is 9.36 Å². The van der Waals surface area contributed by atoms with Crippen molar-refractivity contribution in [2.24, 2.45) is 0 Å². The van der Waals surface area contributed by atoms with Gasteiger partial charge in [-0.15, -0.1) is 0 Å². The second kappa shape index (κ2) is 5.95.